The molecule has 1 aliphatic rings. The fourth-order valence-corrected chi connectivity index (χ4v) is 3.27. The monoisotopic (exact) mass is 511 g/mol. The fraction of sp³-hybridized carbons (Fsp3) is 0.429. The maximum absolute atomic E-state index is 6.02. The van der Waals surface area contributed by atoms with E-state index in [9.17, 15) is 0 Å². The van der Waals surface area contributed by atoms with Crippen LogP contribution < -0.4 is 25.4 Å². The average Bonchev–Trinajstić information content (AvgIpc) is 3.02. The standard InChI is InChI=1S/C21H29N5O2.HI/c1-27-18-9-8-17(13-19(18)28-2)25-21(22)24-15-16-7-10-20(23-14-16)26-11-5-3-4-6-12-26;/h7-10,13-14H,3-6,11-12,15H2,1-2H3,(H3,22,24,25);1H. The molecule has 8 heteroatoms. The predicted molar refractivity (Wildman–Crippen MR) is 129 cm³/mol. The van der Waals surface area contributed by atoms with Crippen molar-refractivity contribution in [2.45, 2.75) is 32.2 Å². The van der Waals surface area contributed by atoms with E-state index in [1.54, 1.807) is 14.2 Å². The molecule has 0 bridgehead atoms. The van der Waals surface area contributed by atoms with Gasteiger partial charge < -0.3 is 25.4 Å². The number of benzene rings is 1. The Bertz CT molecular complexity index is 790. The molecule has 0 radical (unpaired) electrons. The molecule has 1 fully saturated rings. The minimum atomic E-state index is 0. The number of guanidine groups is 1. The van der Waals surface area contributed by atoms with Crippen molar-refractivity contribution in [3.8, 4) is 11.5 Å². The lowest BCUT2D eigenvalue weighted by molar-refractivity contribution is 0.355. The first-order chi connectivity index (χ1) is 13.7. The number of hydrogen-bond acceptors (Lipinski definition) is 5. The third-order valence-electron chi connectivity index (χ3n) is 4.83. The van der Waals surface area contributed by atoms with E-state index in [1.807, 2.05) is 24.4 Å². The van der Waals surface area contributed by atoms with Crippen molar-refractivity contribution < 1.29 is 9.47 Å². The van der Waals surface area contributed by atoms with E-state index >= 15 is 0 Å². The Morgan fingerprint density at radius 1 is 1.07 bits per heavy atom. The van der Waals surface area contributed by atoms with Crippen molar-refractivity contribution in [1.29, 1.82) is 0 Å². The van der Waals surface area contributed by atoms with Crippen LogP contribution in [0.1, 0.15) is 31.2 Å². The molecule has 158 valence electrons. The number of methoxy groups -OCH3 is 2. The third kappa shape index (κ3) is 6.66. The van der Waals surface area contributed by atoms with Gasteiger partial charge in [-0.3, -0.25) is 0 Å². The summed E-state index contributed by atoms with van der Waals surface area (Å²) in [6.07, 6.45) is 7.00. The maximum atomic E-state index is 6.02. The van der Waals surface area contributed by atoms with Gasteiger partial charge >= 0.3 is 0 Å². The molecule has 1 aromatic carbocycles. The maximum Gasteiger partial charge on any atom is 0.193 e. The third-order valence-corrected chi connectivity index (χ3v) is 4.83. The normalized spacial score (nSPS) is 14.6. The summed E-state index contributed by atoms with van der Waals surface area (Å²) < 4.78 is 10.5. The van der Waals surface area contributed by atoms with Gasteiger partial charge in [0.05, 0.1) is 20.8 Å². The van der Waals surface area contributed by atoms with Crippen molar-refractivity contribution in [3.05, 3.63) is 42.1 Å². The first kappa shape index (κ1) is 23.1. The molecule has 1 aromatic heterocycles. The zero-order chi connectivity index (χ0) is 19.8. The molecule has 0 unspecified atom stereocenters. The van der Waals surface area contributed by atoms with Gasteiger partial charge in [0.15, 0.2) is 17.5 Å². The van der Waals surface area contributed by atoms with Crippen LogP contribution in [0, 0.1) is 0 Å². The fourth-order valence-electron chi connectivity index (χ4n) is 3.27. The van der Waals surface area contributed by atoms with Crippen LogP contribution in [0.25, 0.3) is 0 Å². The van der Waals surface area contributed by atoms with E-state index in [2.05, 4.69) is 32.3 Å². The van der Waals surface area contributed by atoms with Gasteiger partial charge in [0.2, 0.25) is 0 Å². The highest BCUT2D eigenvalue weighted by Crippen LogP contribution is 2.29. The zero-order valence-corrected chi connectivity index (χ0v) is 19.4. The molecule has 3 rings (SSSR count). The van der Waals surface area contributed by atoms with Gasteiger partial charge in [-0.25, -0.2) is 9.98 Å². The second kappa shape index (κ2) is 11.7. The second-order valence-corrected chi connectivity index (χ2v) is 6.82. The van der Waals surface area contributed by atoms with Crippen LogP contribution >= 0.6 is 24.0 Å². The largest absolute Gasteiger partial charge is 0.493 e. The van der Waals surface area contributed by atoms with Crippen LogP contribution in [-0.4, -0.2) is 38.3 Å². The number of aromatic nitrogens is 1. The van der Waals surface area contributed by atoms with E-state index in [0.717, 1.165) is 30.2 Å². The Balaban J connectivity index is 0.00000300. The summed E-state index contributed by atoms with van der Waals surface area (Å²) >= 11 is 0. The molecule has 2 heterocycles. The van der Waals surface area contributed by atoms with Crippen molar-refractivity contribution in [1.82, 2.24) is 4.98 Å². The highest BCUT2D eigenvalue weighted by atomic mass is 127. The van der Waals surface area contributed by atoms with Crippen molar-refractivity contribution in [3.63, 3.8) is 0 Å². The molecule has 3 N–H and O–H groups in total. The highest BCUT2D eigenvalue weighted by Gasteiger charge is 2.10. The number of rotatable bonds is 6. The minimum absolute atomic E-state index is 0. The summed E-state index contributed by atoms with van der Waals surface area (Å²) in [5, 5.41) is 3.07. The quantitative estimate of drug-likeness (QED) is 0.346. The molecule has 0 saturated carbocycles. The summed E-state index contributed by atoms with van der Waals surface area (Å²) in [5.74, 6) is 2.68. The summed E-state index contributed by atoms with van der Waals surface area (Å²) in [5.41, 5.74) is 7.83. The zero-order valence-electron chi connectivity index (χ0n) is 17.1. The molecule has 0 spiro atoms. The topological polar surface area (TPSA) is 85.0 Å². The van der Waals surface area contributed by atoms with Gasteiger partial charge in [0.25, 0.3) is 0 Å². The summed E-state index contributed by atoms with van der Waals surface area (Å²) in [6, 6.07) is 9.65. The van der Waals surface area contributed by atoms with E-state index < -0.39 is 0 Å². The van der Waals surface area contributed by atoms with Crippen molar-refractivity contribution in [2.75, 3.05) is 37.5 Å². The van der Waals surface area contributed by atoms with E-state index in [-0.39, 0.29) is 24.0 Å². The van der Waals surface area contributed by atoms with E-state index in [0.29, 0.717) is 24.0 Å². The molecular formula is C21H30IN5O2. The van der Waals surface area contributed by atoms with Crippen molar-refractivity contribution >= 4 is 41.4 Å². The summed E-state index contributed by atoms with van der Waals surface area (Å²) in [7, 11) is 3.20. The van der Waals surface area contributed by atoms with Crippen molar-refractivity contribution in [2.24, 2.45) is 10.7 Å². The Kier molecular flexibility index (Phi) is 9.30. The molecule has 1 aliphatic heterocycles. The Morgan fingerprint density at radius 2 is 1.79 bits per heavy atom. The second-order valence-electron chi connectivity index (χ2n) is 6.82. The molecule has 7 nitrogen and oxygen atoms in total. The lowest BCUT2D eigenvalue weighted by Crippen LogP contribution is -2.24. The van der Waals surface area contributed by atoms with Crippen LogP contribution in [0.2, 0.25) is 0 Å². The van der Waals surface area contributed by atoms with Gasteiger partial charge in [0.1, 0.15) is 5.82 Å². The molecule has 1 saturated heterocycles. The summed E-state index contributed by atoms with van der Waals surface area (Å²) in [4.78, 5) is 11.4. The lowest BCUT2D eigenvalue weighted by atomic mass is 10.2. The van der Waals surface area contributed by atoms with E-state index in [4.69, 9.17) is 15.2 Å². The SMILES string of the molecule is COc1ccc(NC(N)=NCc2ccc(N3CCCCCC3)nc2)cc1OC.I. The number of halogens is 1. The minimum Gasteiger partial charge on any atom is -0.493 e. The highest BCUT2D eigenvalue weighted by molar-refractivity contribution is 14.0. The van der Waals surface area contributed by atoms with Gasteiger partial charge in [-0.1, -0.05) is 18.9 Å². The predicted octanol–water partition coefficient (Wildman–Crippen LogP) is 4.02. The first-order valence-electron chi connectivity index (χ1n) is 9.68. The molecule has 0 aliphatic carbocycles. The molecular weight excluding hydrogens is 481 g/mol. The molecule has 29 heavy (non-hydrogen) atoms. The molecule has 0 amide bonds. The Hall–Kier alpha value is -2.23. The van der Waals surface area contributed by atoms with Gasteiger partial charge in [-0.2, -0.15) is 0 Å². The number of pyridine rings is 1. The lowest BCUT2D eigenvalue weighted by Gasteiger charge is -2.21. The van der Waals surface area contributed by atoms with Gasteiger partial charge in [-0.05, 0) is 36.6 Å². The van der Waals surface area contributed by atoms with Crippen LogP contribution in [0.3, 0.4) is 0 Å². The summed E-state index contributed by atoms with van der Waals surface area (Å²) in [6.45, 7) is 2.65. The van der Waals surface area contributed by atoms with Crippen LogP contribution in [0.15, 0.2) is 41.5 Å². The number of nitrogens with zero attached hydrogens (tertiary/aromatic N) is 3. The van der Waals surface area contributed by atoms with Gasteiger partial charge in [0, 0.05) is 31.0 Å². The molecule has 0 atom stereocenters. The molecule has 2 aromatic rings. The van der Waals surface area contributed by atoms with Gasteiger partial charge in [-0.15, -0.1) is 24.0 Å². The number of aliphatic imine (C=N–C) groups is 1. The van der Waals surface area contributed by atoms with Crippen LogP contribution in [0.4, 0.5) is 11.5 Å². The number of nitrogens with two attached hydrogens (primary N) is 1. The first-order valence-corrected chi connectivity index (χ1v) is 9.68. The average molecular weight is 511 g/mol. The Labute approximate surface area is 189 Å². The number of ether oxygens (including phenoxy) is 2. The van der Waals surface area contributed by atoms with Crippen LogP contribution in [-0.2, 0) is 6.54 Å². The number of anilines is 2. The number of hydrogen-bond donors (Lipinski definition) is 2. The van der Waals surface area contributed by atoms with E-state index in [1.165, 1.54) is 25.7 Å². The Morgan fingerprint density at radius 3 is 2.41 bits per heavy atom. The van der Waals surface area contributed by atoms with Crippen LogP contribution in [0.5, 0.6) is 11.5 Å². The smallest absolute Gasteiger partial charge is 0.193 e. The number of nitrogens with one attached hydrogen (secondary N) is 1.